The van der Waals surface area contributed by atoms with E-state index in [9.17, 15) is 4.79 Å². The maximum absolute atomic E-state index is 11.5. The van der Waals surface area contributed by atoms with Gasteiger partial charge in [-0.15, -0.1) is 0 Å². The second kappa shape index (κ2) is 6.28. The van der Waals surface area contributed by atoms with E-state index < -0.39 is 0 Å². The molecule has 0 aliphatic carbocycles. The van der Waals surface area contributed by atoms with Crippen LogP contribution in [0.1, 0.15) is 11.3 Å². The molecule has 4 rings (SSSR count). The summed E-state index contributed by atoms with van der Waals surface area (Å²) in [7, 11) is 0. The smallest absolute Gasteiger partial charge is 0.336 e. The normalized spacial score (nSPS) is 10.9. The number of aryl methyl sites for hydroxylation is 1. The summed E-state index contributed by atoms with van der Waals surface area (Å²) < 4.78 is 16.3. The Hall–Kier alpha value is -3.34. The zero-order valence-corrected chi connectivity index (χ0v) is 13.6. The first kappa shape index (κ1) is 15.2. The van der Waals surface area contributed by atoms with Gasteiger partial charge in [-0.3, -0.25) is 0 Å². The van der Waals surface area contributed by atoms with Crippen molar-refractivity contribution in [3.8, 4) is 17.0 Å². The molecule has 124 valence electrons. The van der Waals surface area contributed by atoms with Gasteiger partial charge in [0.05, 0.1) is 0 Å². The van der Waals surface area contributed by atoms with Crippen LogP contribution in [0.15, 0.2) is 74.4 Å². The molecule has 0 saturated carbocycles. The lowest BCUT2D eigenvalue weighted by molar-refractivity contribution is 0.249. The van der Waals surface area contributed by atoms with Gasteiger partial charge < -0.3 is 13.7 Å². The van der Waals surface area contributed by atoms with Crippen molar-refractivity contribution in [1.82, 2.24) is 5.16 Å². The Morgan fingerprint density at radius 1 is 1.04 bits per heavy atom. The Morgan fingerprint density at radius 3 is 2.72 bits per heavy atom. The van der Waals surface area contributed by atoms with E-state index in [1.807, 2.05) is 55.5 Å². The summed E-state index contributed by atoms with van der Waals surface area (Å²) in [6.45, 7) is 2.11. The minimum absolute atomic E-state index is 0.237. The fourth-order valence-electron chi connectivity index (χ4n) is 2.68. The highest BCUT2D eigenvalue weighted by atomic mass is 16.5. The van der Waals surface area contributed by atoms with E-state index in [4.69, 9.17) is 13.7 Å². The lowest BCUT2D eigenvalue weighted by atomic mass is 10.1. The van der Waals surface area contributed by atoms with E-state index in [1.165, 1.54) is 6.07 Å². The molecule has 0 amide bonds. The van der Waals surface area contributed by atoms with E-state index >= 15 is 0 Å². The van der Waals surface area contributed by atoms with Crippen molar-refractivity contribution in [2.45, 2.75) is 13.5 Å². The molecule has 0 atom stereocenters. The van der Waals surface area contributed by atoms with Crippen LogP contribution in [0.4, 0.5) is 0 Å². The van der Waals surface area contributed by atoms with Crippen molar-refractivity contribution in [2.24, 2.45) is 0 Å². The number of fused-ring (bicyclic) bond motifs is 1. The fraction of sp³-hybridized carbons (Fsp3) is 0.100. The Labute approximate surface area is 143 Å². The zero-order chi connectivity index (χ0) is 17.2. The molecule has 5 heteroatoms. The molecule has 0 unspecified atom stereocenters. The standard InChI is InChI=1S/C20H15NO4/c1-13-9-20(22)24-19-11-15(7-8-17(13)19)23-12-16-10-18(21-25-16)14-5-3-2-4-6-14/h2-11H,12H2,1H3. The van der Waals surface area contributed by atoms with E-state index in [0.29, 0.717) is 17.1 Å². The SMILES string of the molecule is Cc1cc(=O)oc2cc(OCc3cc(-c4ccccc4)no3)ccc12. The van der Waals surface area contributed by atoms with E-state index in [-0.39, 0.29) is 12.2 Å². The molecule has 2 heterocycles. The van der Waals surface area contributed by atoms with Gasteiger partial charge in [0.25, 0.3) is 0 Å². The Bertz CT molecular complexity index is 1080. The third-order valence-corrected chi connectivity index (χ3v) is 3.93. The summed E-state index contributed by atoms with van der Waals surface area (Å²) in [5.41, 5.74) is 2.76. The predicted octanol–water partition coefficient (Wildman–Crippen LogP) is 4.34. The maximum Gasteiger partial charge on any atom is 0.336 e. The van der Waals surface area contributed by atoms with Crippen LogP contribution in [0.2, 0.25) is 0 Å². The van der Waals surface area contributed by atoms with Crippen LogP contribution < -0.4 is 10.4 Å². The molecule has 25 heavy (non-hydrogen) atoms. The van der Waals surface area contributed by atoms with Gasteiger partial charge in [0.2, 0.25) is 0 Å². The highest BCUT2D eigenvalue weighted by Gasteiger charge is 2.08. The van der Waals surface area contributed by atoms with Gasteiger partial charge >= 0.3 is 5.63 Å². The highest BCUT2D eigenvalue weighted by molar-refractivity contribution is 5.81. The minimum Gasteiger partial charge on any atom is -0.485 e. The molecule has 0 radical (unpaired) electrons. The summed E-state index contributed by atoms with van der Waals surface area (Å²) in [5.74, 6) is 1.21. The third kappa shape index (κ3) is 3.17. The number of rotatable bonds is 4. The summed E-state index contributed by atoms with van der Waals surface area (Å²) >= 11 is 0. The van der Waals surface area contributed by atoms with Gasteiger partial charge in [-0.1, -0.05) is 35.5 Å². The van der Waals surface area contributed by atoms with Crippen molar-refractivity contribution < 1.29 is 13.7 Å². The molecule has 2 aromatic heterocycles. The van der Waals surface area contributed by atoms with E-state index in [2.05, 4.69) is 5.16 Å². The van der Waals surface area contributed by atoms with Crippen LogP contribution in [0.3, 0.4) is 0 Å². The van der Waals surface area contributed by atoms with Crippen LogP contribution in [0.5, 0.6) is 5.75 Å². The zero-order valence-electron chi connectivity index (χ0n) is 13.6. The first-order chi connectivity index (χ1) is 12.2. The molecule has 0 N–H and O–H groups in total. The molecule has 4 aromatic rings. The number of ether oxygens (including phenoxy) is 1. The number of hydrogen-bond donors (Lipinski definition) is 0. The van der Waals surface area contributed by atoms with Gasteiger partial charge in [0.1, 0.15) is 23.6 Å². The van der Waals surface area contributed by atoms with Crippen molar-refractivity contribution >= 4 is 11.0 Å². The largest absolute Gasteiger partial charge is 0.485 e. The average molecular weight is 333 g/mol. The molecular weight excluding hydrogens is 318 g/mol. The Balaban J connectivity index is 1.53. The molecule has 0 aliphatic rings. The van der Waals surface area contributed by atoms with Gasteiger partial charge in [0, 0.05) is 29.1 Å². The van der Waals surface area contributed by atoms with Crippen LogP contribution in [0, 0.1) is 6.92 Å². The topological polar surface area (TPSA) is 65.5 Å². The highest BCUT2D eigenvalue weighted by Crippen LogP contribution is 2.24. The lowest BCUT2D eigenvalue weighted by Gasteiger charge is -2.05. The molecule has 0 fully saturated rings. The minimum atomic E-state index is -0.370. The van der Waals surface area contributed by atoms with Crippen molar-refractivity contribution in [2.75, 3.05) is 0 Å². The summed E-state index contributed by atoms with van der Waals surface area (Å²) in [4.78, 5) is 11.5. The quantitative estimate of drug-likeness (QED) is 0.520. The maximum atomic E-state index is 11.5. The second-order valence-corrected chi connectivity index (χ2v) is 5.74. The van der Waals surface area contributed by atoms with Gasteiger partial charge in [-0.05, 0) is 24.6 Å². The van der Waals surface area contributed by atoms with Crippen LogP contribution >= 0.6 is 0 Å². The summed E-state index contributed by atoms with van der Waals surface area (Å²) in [6, 6.07) is 18.5. The molecule has 2 aromatic carbocycles. The molecule has 0 bridgehead atoms. The number of nitrogens with zero attached hydrogens (tertiary/aromatic N) is 1. The van der Waals surface area contributed by atoms with Gasteiger partial charge in [-0.25, -0.2) is 4.79 Å². The average Bonchev–Trinajstić information content (AvgIpc) is 3.09. The lowest BCUT2D eigenvalue weighted by Crippen LogP contribution is -1.98. The molecule has 0 spiro atoms. The summed E-state index contributed by atoms with van der Waals surface area (Å²) in [6.07, 6.45) is 0. The first-order valence-electron chi connectivity index (χ1n) is 7.87. The Kier molecular flexibility index (Phi) is 3.82. The van der Waals surface area contributed by atoms with E-state index in [1.54, 1.807) is 6.07 Å². The van der Waals surface area contributed by atoms with Gasteiger partial charge in [0.15, 0.2) is 5.76 Å². The molecule has 0 aliphatic heterocycles. The summed E-state index contributed by atoms with van der Waals surface area (Å²) in [5, 5.41) is 4.94. The molecular formula is C20H15NO4. The van der Waals surface area contributed by atoms with Crippen LogP contribution in [0.25, 0.3) is 22.2 Å². The van der Waals surface area contributed by atoms with Crippen LogP contribution in [-0.2, 0) is 6.61 Å². The molecule has 0 saturated heterocycles. The van der Waals surface area contributed by atoms with Crippen LogP contribution in [-0.4, -0.2) is 5.16 Å². The van der Waals surface area contributed by atoms with E-state index in [0.717, 1.165) is 22.2 Å². The monoisotopic (exact) mass is 333 g/mol. The number of benzene rings is 2. The van der Waals surface area contributed by atoms with Crippen molar-refractivity contribution in [3.05, 3.63) is 82.4 Å². The molecule has 5 nitrogen and oxygen atoms in total. The van der Waals surface area contributed by atoms with Crippen molar-refractivity contribution in [3.63, 3.8) is 0 Å². The third-order valence-electron chi connectivity index (χ3n) is 3.93. The Morgan fingerprint density at radius 2 is 1.88 bits per heavy atom. The fourth-order valence-corrected chi connectivity index (χ4v) is 2.68. The first-order valence-corrected chi connectivity index (χ1v) is 7.87. The van der Waals surface area contributed by atoms with Crippen molar-refractivity contribution in [1.29, 1.82) is 0 Å². The number of aromatic nitrogens is 1. The predicted molar refractivity (Wildman–Crippen MR) is 93.5 cm³/mol. The van der Waals surface area contributed by atoms with Gasteiger partial charge in [-0.2, -0.15) is 0 Å². The number of hydrogen-bond acceptors (Lipinski definition) is 5. The second-order valence-electron chi connectivity index (χ2n) is 5.74.